The van der Waals surface area contributed by atoms with Crippen molar-refractivity contribution in [3.8, 4) is 5.75 Å². The normalized spacial score (nSPS) is 15.4. The molecule has 1 fully saturated rings. The molecular weight excluding hydrogens is 611 g/mol. The number of piperidine rings is 1. The first-order chi connectivity index (χ1) is 21.9. The number of benzene rings is 2. The first-order valence-electron chi connectivity index (χ1n) is 14.5. The number of aromatic nitrogens is 1. The maximum absolute atomic E-state index is 13.2. The molecule has 3 N–H and O–H groups in total. The van der Waals surface area contributed by atoms with Gasteiger partial charge in [0, 0.05) is 30.3 Å². The Morgan fingerprint density at radius 3 is 2.30 bits per heavy atom. The first-order valence-corrected chi connectivity index (χ1v) is 14.5. The van der Waals surface area contributed by atoms with E-state index in [2.05, 4.69) is 35.0 Å². The quantitative estimate of drug-likeness (QED) is 0.300. The zero-order valence-corrected chi connectivity index (χ0v) is 25.8. The number of alkyl halides is 3. The number of nitrogens with zero attached hydrogens (tertiary/aromatic N) is 2. The second-order valence-corrected chi connectivity index (χ2v) is 9.86. The van der Waals surface area contributed by atoms with Crippen molar-refractivity contribution in [3.63, 3.8) is 0 Å². The van der Waals surface area contributed by atoms with Crippen LogP contribution >= 0.6 is 0 Å². The van der Waals surface area contributed by atoms with E-state index in [0.29, 0.717) is 5.56 Å². The summed E-state index contributed by atoms with van der Waals surface area (Å²) in [5, 5.41) is 10.7. The Morgan fingerprint density at radius 1 is 1.07 bits per heavy atom. The number of anilines is 2. The minimum atomic E-state index is -4.55. The molecule has 15 heteroatoms. The highest BCUT2D eigenvalue weighted by Crippen LogP contribution is 2.36. The summed E-state index contributed by atoms with van der Waals surface area (Å²) in [5.74, 6) is -3.61. The number of imide groups is 1. The van der Waals surface area contributed by atoms with Gasteiger partial charge in [-0.25, -0.2) is 0 Å². The number of carbonyl (C=O) groups is 5. The molecule has 246 valence electrons. The van der Waals surface area contributed by atoms with Crippen molar-refractivity contribution in [1.29, 1.82) is 0 Å². The molecule has 12 nitrogen and oxygen atoms in total. The van der Waals surface area contributed by atoms with E-state index in [9.17, 15) is 37.1 Å². The molecule has 0 aliphatic carbocycles. The van der Waals surface area contributed by atoms with Crippen molar-refractivity contribution < 1.29 is 46.4 Å². The van der Waals surface area contributed by atoms with Crippen molar-refractivity contribution in [1.82, 2.24) is 15.4 Å². The van der Waals surface area contributed by atoms with Gasteiger partial charge >= 0.3 is 6.18 Å². The van der Waals surface area contributed by atoms with Crippen LogP contribution < -0.4 is 20.7 Å². The molecule has 1 atom stereocenters. The minimum absolute atomic E-state index is 0.0354. The highest BCUT2D eigenvalue weighted by molar-refractivity contribution is 6.14. The second-order valence-electron chi connectivity index (χ2n) is 9.86. The Kier molecular flexibility index (Phi) is 11.6. The van der Waals surface area contributed by atoms with Crippen LogP contribution in [-0.2, 0) is 22.3 Å². The molecule has 0 spiro atoms. The molecule has 2 aliphatic heterocycles. The second kappa shape index (κ2) is 15.2. The van der Waals surface area contributed by atoms with Crippen molar-refractivity contribution in [2.75, 3.05) is 17.7 Å². The van der Waals surface area contributed by atoms with Gasteiger partial charge in [0.2, 0.25) is 17.6 Å². The smallest absolute Gasteiger partial charge is 0.416 e. The molecule has 3 aromatic rings. The van der Waals surface area contributed by atoms with Crippen LogP contribution in [0, 0.1) is 0 Å². The van der Waals surface area contributed by atoms with Crippen molar-refractivity contribution in [2.24, 2.45) is 0 Å². The lowest BCUT2D eigenvalue weighted by Crippen LogP contribution is -2.52. The fraction of sp³-hybridized carbons (Fsp3) is 0.355. The van der Waals surface area contributed by atoms with Crippen LogP contribution in [0.1, 0.15) is 89.4 Å². The summed E-state index contributed by atoms with van der Waals surface area (Å²) in [4.78, 5) is 64.4. The van der Waals surface area contributed by atoms with E-state index in [4.69, 9.17) is 9.26 Å². The SMILES string of the molecule is CC.CCC.COc1cc(NC(=O)c2oncc2C(=O)Nc2ccc(C(F)(F)F)cc2)c2c(c1)C(=O)N(C1CCC(=O)NC1=O)C2. The van der Waals surface area contributed by atoms with Gasteiger partial charge < -0.3 is 24.8 Å². The van der Waals surface area contributed by atoms with Crippen LogP contribution in [-0.4, -0.2) is 52.7 Å². The van der Waals surface area contributed by atoms with Crippen LogP contribution in [0.25, 0.3) is 0 Å². The van der Waals surface area contributed by atoms with Crippen molar-refractivity contribution >= 4 is 40.9 Å². The summed E-state index contributed by atoms with van der Waals surface area (Å²) in [6.07, 6.45) is -2.13. The molecule has 0 radical (unpaired) electrons. The number of ether oxygens (including phenoxy) is 1. The van der Waals surface area contributed by atoms with E-state index in [1.165, 1.54) is 30.6 Å². The van der Waals surface area contributed by atoms with Crippen LogP contribution in [0.3, 0.4) is 0 Å². The number of carbonyl (C=O) groups excluding carboxylic acids is 5. The first kappa shape index (κ1) is 35.3. The number of rotatable bonds is 6. The van der Waals surface area contributed by atoms with Gasteiger partial charge in [0.25, 0.3) is 17.7 Å². The summed E-state index contributed by atoms with van der Waals surface area (Å²) in [7, 11) is 1.35. The number of halogens is 3. The summed E-state index contributed by atoms with van der Waals surface area (Å²) < 4.78 is 48.7. The largest absolute Gasteiger partial charge is 0.497 e. The fourth-order valence-corrected chi connectivity index (χ4v) is 4.55. The van der Waals surface area contributed by atoms with Gasteiger partial charge in [-0.1, -0.05) is 39.3 Å². The standard InChI is InChI=1S/C26H20F3N5O7.C3H8.C2H6/c1-40-14-8-15-17(11-34(25(15)39)19-6-7-20(35)33-23(19)37)18(9-14)32-24(38)21-16(10-30-41-21)22(36)31-13-4-2-12(3-5-13)26(27,28)29;1-3-2;1-2/h2-5,8-10,19H,6-7,11H2,1H3,(H,31,36)(H,32,38)(H,33,35,37);3H2,1-2H3;1-2H3. The molecule has 5 rings (SSSR count). The Hall–Kier alpha value is -5.21. The Balaban J connectivity index is 0.00000109. The minimum Gasteiger partial charge on any atom is -0.497 e. The molecule has 2 aliphatic rings. The number of nitrogens with one attached hydrogen (secondary N) is 3. The monoisotopic (exact) mass is 645 g/mol. The molecule has 0 saturated carbocycles. The van der Waals surface area contributed by atoms with Crippen LogP contribution in [0.2, 0.25) is 0 Å². The lowest BCUT2D eigenvalue weighted by Gasteiger charge is -2.29. The predicted octanol–water partition coefficient (Wildman–Crippen LogP) is 5.41. The van der Waals surface area contributed by atoms with Crippen LogP contribution in [0.15, 0.2) is 47.1 Å². The van der Waals surface area contributed by atoms with E-state index < -0.39 is 53.1 Å². The molecule has 5 amide bonds. The van der Waals surface area contributed by atoms with Gasteiger partial charge in [-0.05, 0) is 36.8 Å². The average Bonchev–Trinajstić information content (AvgIpc) is 3.64. The third kappa shape index (κ3) is 7.89. The molecule has 1 saturated heterocycles. The molecule has 1 unspecified atom stereocenters. The summed E-state index contributed by atoms with van der Waals surface area (Å²) in [5.41, 5.74) is -0.498. The number of methoxy groups -OCH3 is 1. The van der Waals surface area contributed by atoms with E-state index in [0.717, 1.165) is 30.5 Å². The Labute approximate surface area is 262 Å². The van der Waals surface area contributed by atoms with Gasteiger partial charge in [0.15, 0.2) is 0 Å². The van der Waals surface area contributed by atoms with Crippen molar-refractivity contribution in [2.45, 2.75) is 65.7 Å². The maximum atomic E-state index is 13.2. The topological polar surface area (TPSA) is 160 Å². The van der Waals surface area contributed by atoms with Gasteiger partial charge in [0.1, 0.15) is 17.4 Å². The number of hydrogen-bond donors (Lipinski definition) is 3. The van der Waals surface area contributed by atoms with E-state index in [-0.39, 0.29) is 47.6 Å². The molecule has 2 aromatic carbocycles. The van der Waals surface area contributed by atoms with Crippen LogP contribution in [0.5, 0.6) is 5.75 Å². The van der Waals surface area contributed by atoms with E-state index >= 15 is 0 Å². The number of amides is 5. The highest BCUT2D eigenvalue weighted by Gasteiger charge is 2.40. The summed E-state index contributed by atoms with van der Waals surface area (Å²) in [6, 6.07) is 5.70. The summed E-state index contributed by atoms with van der Waals surface area (Å²) >= 11 is 0. The number of fused-ring (bicyclic) bond motifs is 1. The Morgan fingerprint density at radius 2 is 1.72 bits per heavy atom. The third-order valence-corrected chi connectivity index (χ3v) is 6.60. The zero-order valence-electron chi connectivity index (χ0n) is 25.8. The molecule has 46 heavy (non-hydrogen) atoms. The molecular formula is C31H34F3N5O7. The molecule has 3 heterocycles. The third-order valence-electron chi connectivity index (χ3n) is 6.60. The lowest BCUT2D eigenvalue weighted by atomic mass is 10.0. The van der Waals surface area contributed by atoms with Gasteiger partial charge in [-0.15, -0.1) is 0 Å². The molecule has 1 aromatic heterocycles. The van der Waals surface area contributed by atoms with Gasteiger partial charge in [-0.3, -0.25) is 29.3 Å². The molecule has 0 bridgehead atoms. The zero-order chi connectivity index (χ0) is 34.2. The fourth-order valence-electron chi connectivity index (χ4n) is 4.55. The lowest BCUT2D eigenvalue weighted by molar-refractivity contribution is -0.138. The van der Waals surface area contributed by atoms with Gasteiger partial charge in [0.05, 0.1) is 30.1 Å². The van der Waals surface area contributed by atoms with Crippen LogP contribution in [0.4, 0.5) is 24.5 Å². The summed E-state index contributed by atoms with van der Waals surface area (Å²) in [6.45, 7) is 8.19. The maximum Gasteiger partial charge on any atom is 0.416 e. The Bertz CT molecular complexity index is 1600. The van der Waals surface area contributed by atoms with Gasteiger partial charge in [-0.2, -0.15) is 13.2 Å². The van der Waals surface area contributed by atoms with E-state index in [1.807, 2.05) is 13.8 Å². The van der Waals surface area contributed by atoms with Crippen molar-refractivity contribution in [3.05, 3.63) is 70.6 Å². The predicted molar refractivity (Wildman–Crippen MR) is 160 cm³/mol. The average molecular weight is 646 g/mol. The number of hydrogen-bond acceptors (Lipinski definition) is 8. The van der Waals surface area contributed by atoms with E-state index in [1.54, 1.807) is 0 Å². The highest BCUT2D eigenvalue weighted by atomic mass is 19.4.